The molecule has 2 aliphatic rings. The molecular formula is C27H25F2N3O4. The van der Waals surface area contributed by atoms with E-state index >= 15 is 0 Å². The molecule has 2 amide bonds. The Morgan fingerprint density at radius 3 is 2.47 bits per heavy atom. The minimum absolute atomic E-state index is 0.186. The van der Waals surface area contributed by atoms with Crippen LogP contribution in [0.3, 0.4) is 0 Å². The van der Waals surface area contributed by atoms with Crippen molar-refractivity contribution in [2.45, 2.75) is 18.9 Å². The van der Waals surface area contributed by atoms with E-state index in [2.05, 4.69) is 5.32 Å². The molecule has 0 aromatic heterocycles. The maximum Gasteiger partial charge on any atom is 0.255 e. The summed E-state index contributed by atoms with van der Waals surface area (Å²) in [6.07, 6.45) is 1.97. The molecule has 3 aromatic rings. The third-order valence-electron chi connectivity index (χ3n) is 6.34. The van der Waals surface area contributed by atoms with E-state index in [4.69, 9.17) is 9.47 Å². The average Bonchev–Trinajstić information content (AvgIpc) is 3.39. The van der Waals surface area contributed by atoms with Gasteiger partial charge < -0.3 is 24.6 Å². The molecule has 1 saturated heterocycles. The molecule has 186 valence electrons. The first-order chi connectivity index (χ1) is 17.4. The van der Waals surface area contributed by atoms with Crippen molar-refractivity contribution in [3.63, 3.8) is 0 Å². The highest BCUT2D eigenvalue weighted by atomic mass is 19.1. The number of amides is 2. The number of carbonyl (C=O) groups excluding carboxylic acids is 2. The quantitative estimate of drug-likeness (QED) is 0.566. The van der Waals surface area contributed by atoms with E-state index in [-0.39, 0.29) is 23.6 Å². The first-order valence-electron chi connectivity index (χ1n) is 11.7. The first-order valence-corrected chi connectivity index (χ1v) is 11.7. The highest BCUT2D eigenvalue weighted by Crippen LogP contribution is 2.37. The van der Waals surface area contributed by atoms with Crippen LogP contribution in [0.4, 0.5) is 20.2 Å². The standard InChI is InChI=1S/C27H25F2N3O4/c1-31-24-14-21(29)23(32-11-5-6-12-32)15-25(24)35-16-22(27(31)34)30-26(33)19-13-18(9-10-20(19)28)36-17-7-3-2-4-8-17/h2-4,7-10,13-15,22H,5-6,11-12,16H2,1H3,(H,30,33)/t22-/m0/s1. The van der Waals surface area contributed by atoms with Crippen LogP contribution in [0.15, 0.2) is 60.7 Å². The summed E-state index contributed by atoms with van der Waals surface area (Å²) in [7, 11) is 1.48. The molecule has 9 heteroatoms. The van der Waals surface area contributed by atoms with E-state index in [0.717, 1.165) is 32.0 Å². The van der Waals surface area contributed by atoms with Crippen LogP contribution in [0.1, 0.15) is 23.2 Å². The second-order valence-corrected chi connectivity index (χ2v) is 8.76. The van der Waals surface area contributed by atoms with Gasteiger partial charge in [0.1, 0.15) is 41.5 Å². The van der Waals surface area contributed by atoms with Crippen LogP contribution < -0.4 is 24.6 Å². The number of nitrogens with zero attached hydrogens (tertiary/aromatic N) is 2. The second kappa shape index (κ2) is 9.85. The number of para-hydroxylation sites is 1. The number of carbonyl (C=O) groups is 2. The summed E-state index contributed by atoms with van der Waals surface area (Å²) < 4.78 is 40.9. The zero-order chi connectivity index (χ0) is 25.2. The van der Waals surface area contributed by atoms with Crippen molar-refractivity contribution in [1.29, 1.82) is 0 Å². The number of halogens is 2. The van der Waals surface area contributed by atoms with E-state index < -0.39 is 29.5 Å². The Balaban J connectivity index is 1.34. The molecule has 0 bridgehead atoms. The van der Waals surface area contributed by atoms with Crippen molar-refractivity contribution in [2.75, 3.05) is 36.5 Å². The van der Waals surface area contributed by atoms with Gasteiger partial charge >= 0.3 is 0 Å². The first kappa shape index (κ1) is 23.6. The summed E-state index contributed by atoms with van der Waals surface area (Å²) in [5.41, 5.74) is 0.413. The number of benzene rings is 3. The maximum atomic E-state index is 14.9. The van der Waals surface area contributed by atoms with Crippen molar-refractivity contribution >= 4 is 23.2 Å². The van der Waals surface area contributed by atoms with Gasteiger partial charge in [0.25, 0.3) is 11.8 Å². The topological polar surface area (TPSA) is 71.1 Å². The Labute approximate surface area is 207 Å². The summed E-state index contributed by atoms with van der Waals surface area (Å²) in [4.78, 5) is 29.2. The number of ether oxygens (including phenoxy) is 2. The fourth-order valence-electron chi connectivity index (χ4n) is 4.41. The minimum atomic E-state index is -1.11. The normalized spacial score (nSPS) is 17.3. The number of anilines is 2. The predicted octanol–water partition coefficient (Wildman–Crippen LogP) is 4.51. The van der Waals surface area contributed by atoms with Crippen LogP contribution in [0.5, 0.6) is 17.2 Å². The molecule has 0 aliphatic carbocycles. The Morgan fingerprint density at radius 1 is 0.972 bits per heavy atom. The lowest BCUT2D eigenvalue weighted by Gasteiger charge is -2.23. The summed E-state index contributed by atoms with van der Waals surface area (Å²) in [6, 6.07) is 14.5. The van der Waals surface area contributed by atoms with Gasteiger partial charge in [-0.2, -0.15) is 0 Å². The van der Waals surface area contributed by atoms with Crippen molar-refractivity contribution in [3.05, 3.63) is 77.9 Å². The Bertz CT molecular complexity index is 1300. The lowest BCUT2D eigenvalue weighted by molar-refractivity contribution is -0.120. The van der Waals surface area contributed by atoms with Crippen LogP contribution in [0.2, 0.25) is 0 Å². The molecule has 0 unspecified atom stereocenters. The molecule has 0 spiro atoms. The number of likely N-dealkylation sites (N-methyl/N-ethyl adjacent to an activating group) is 1. The van der Waals surface area contributed by atoms with E-state index in [1.165, 1.54) is 30.1 Å². The number of hydrogen-bond donors (Lipinski definition) is 1. The molecule has 7 nitrogen and oxygen atoms in total. The van der Waals surface area contributed by atoms with Crippen LogP contribution in [0.25, 0.3) is 0 Å². The van der Waals surface area contributed by atoms with Crippen LogP contribution in [-0.4, -0.2) is 44.6 Å². The zero-order valence-electron chi connectivity index (χ0n) is 19.7. The van der Waals surface area contributed by atoms with Gasteiger partial charge in [-0.15, -0.1) is 0 Å². The molecule has 2 heterocycles. The second-order valence-electron chi connectivity index (χ2n) is 8.76. The van der Waals surface area contributed by atoms with Crippen LogP contribution in [0, 0.1) is 11.6 Å². The van der Waals surface area contributed by atoms with E-state index in [0.29, 0.717) is 17.2 Å². The average molecular weight is 494 g/mol. The lowest BCUT2D eigenvalue weighted by Crippen LogP contribution is -2.49. The number of rotatable bonds is 5. The monoisotopic (exact) mass is 493 g/mol. The molecule has 1 atom stereocenters. The molecule has 36 heavy (non-hydrogen) atoms. The largest absolute Gasteiger partial charge is 0.489 e. The molecule has 3 aromatic carbocycles. The zero-order valence-corrected chi connectivity index (χ0v) is 19.7. The fraction of sp³-hybridized carbons (Fsp3) is 0.259. The molecule has 0 radical (unpaired) electrons. The molecule has 2 aliphatic heterocycles. The summed E-state index contributed by atoms with van der Waals surface area (Å²) >= 11 is 0. The van der Waals surface area contributed by atoms with Gasteiger partial charge in [0.05, 0.1) is 16.9 Å². The third kappa shape index (κ3) is 4.68. The van der Waals surface area contributed by atoms with Gasteiger partial charge in [0, 0.05) is 32.3 Å². The molecule has 1 N–H and O–H groups in total. The van der Waals surface area contributed by atoms with Gasteiger partial charge in [0.2, 0.25) is 0 Å². The van der Waals surface area contributed by atoms with Crippen LogP contribution >= 0.6 is 0 Å². The van der Waals surface area contributed by atoms with Crippen LogP contribution in [-0.2, 0) is 4.79 Å². The summed E-state index contributed by atoms with van der Waals surface area (Å²) in [5.74, 6) is -1.37. The SMILES string of the molecule is CN1C(=O)[C@@H](NC(=O)c2cc(Oc3ccccc3)ccc2F)COc2cc(N3CCCC3)c(F)cc21. The smallest absolute Gasteiger partial charge is 0.255 e. The highest BCUT2D eigenvalue weighted by molar-refractivity contribution is 6.03. The maximum absolute atomic E-state index is 14.9. The van der Waals surface area contributed by atoms with E-state index in [1.807, 2.05) is 11.0 Å². The molecule has 5 rings (SSSR count). The van der Waals surface area contributed by atoms with E-state index in [9.17, 15) is 18.4 Å². The molecule has 1 fully saturated rings. The third-order valence-corrected chi connectivity index (χ3v) is 6.34. The van der Waals surface area contributed by atoms with Crippen molar-refractivity contribution in [3.8, 4) is 17.2 Å². The van der Waals surface area contributed by atoms with Gasteiger partial charge in [-0.05, 0) is 43.2 Å². The molecule has 0 saturated carbocycles. The Kier molecular flexibility index (Phi) is 6.45. The number of nitrogens with one attached hydrogen (secondary N) is 1. The van der Waals surface area contributed by atoms with Crippen molar-refractivity contribution in [1.82, 2.24) is 5.32 Å². The number of fused-ring (bicyclic) bond motifs is 1. The number of hydrogen-bond acceptors (Lipinski definition) is 5. The van der Waals surface area contributed by atoms with Gasteiger partial charge in [0.15, 0.2) is 0 Å². The van der Waals surface area contributed by atoms with Gasteiger partial charge in [-0.1, -0.05) is 18.2 Å². The minimum Gasteiger partial charge on any atom is -0.489 e. The fourth-order valence-corrected chi connectivity index (χ4v) is 4.41. The Morgan fingerprint density at radius 2 is 1.72 bits per heavy atom. The Hall–Kier alpha value is -4.14. The lowest BCUT2D eigenvalue weighted by atomic mass is 10.1. The van der Waals surface area contributed by atoms with Gasteiger partial charge in [-0.25, -0.2) is 8.78 Å². The van der Waals surface area contributed by atoms with Crippen molar-refractivity contribution in [2.24, 2.45) is 0 Å². The van der Waals surface area contributed by atoms with Gasteiger partial charge in [-0.3, -0.25) is 9.59 Å². The molecular weight excluding hydrogens is 468 g/mol. The highest BCUT2D eigenvalue weighted by Gasteiger charge is 2.33. The van der Waals surface area contributed by atoms with E-state index in [1.54, 1.807) is 30.3 Å². The predicted molar refractivity (Wildman–Crippen MR) is 131 cm³/mol. The van der Waals surface area contributed by atoms with Crippen molar-refractivity contribution < 1.29 is 27.8 Å². The summed E-state index contributed by atoms with van der Waals surface area (Å²) in [6.45, 7) is 1.32. The summed E-state index contributed by atoms with van der Waals surface area (Å²) in [5, 5.41) is 2.55.